The van der Waals surface area contributed by atoms with Gasteiger partial charge in [0.05, 0.1) is 8.07 Å². The first-order chi connectivity index (χ1) is 12.2. The number of carbonyl (C=O) groups is 1. The zero-order valence-electron chi connectivity index (χ0n) is 15.2. The normalized spacial score (nSPS) is 11.7. The highest BCUT2D eigenvalue weighted by Crippen LogP contribution is 2.26. The highest BCUT2D eigenvalue weighted by molar-refractivity contribution is 6.92. The van der Waals surface area contributed by atoms with Gasteiger partial charge in [-0.1, -0.05) is 35.5 Å². The Morgan fingerprint density at radius 1 is 1.12 bits per heavy atom. The second-order valence-corrected chi connectivity index (χ2v) is 10.6. The van der Waals surface area contributed by atoms with Gasteiger partial charge in [-0.15, -0.1) is 19.7 Å². The van der Waals surface area contributed by atoms with Crippen LogP contribution in [0.5, 0.6) is 0 Å². The van der Waals surface area contributed by atoms with E-state index >= 15 is 0 Å². The third kappa shape index (κ3) is 5.73. The minimum absolute atomic E-state index is 0.178. The number of amides is 1. The summed E-state index contributed by atoms with van der Waals surface area (Å²) < 4.78 is 37.8. The highest BCUT2D eigenvalue weighted by Gasteiger charge is 2.35. The second kappa shape index (κ2) is 9.57. The third-order valence-electron chi connectivity index (χ3n) is 4.34. The summed E-state index contributed by atoms with van der Waals surface area (Å²) in [7, 11) is -2.06. The van der Waals surface area contributed by atoms with Crippen molar-refractivity contribution in [1.82, 2.24) is 0 Å². The zero-order valence-corrected chi connectivity index (χ0v) is 16.2. The van der Waals surface area contributed by atoms with Crippen molar-refractivity contribution in [3.8, 4) is 0 Å². The topological polar surface area (TPSA) is 20.3 Å². The van der Waals surface area contributed by atoms with Crippen LogP contribution < -0.4 is 10.1 Å². The molecule has 1 rings (SSSR count). The number of nitrogens with zero attached hydrogens (tertiary/aromatic N) is 1. The molecule has 0 aliphatic heterocycles. The van der Waals surface area contributed by atoms with Crippen LogP contribution in [-0.4, -0.2) is 26.7 Å². The largest absolute Gasteiger partial charge is 0.397 e. The van der Waals surface area contributed by atoms with Crippen molar-refractivity contribution in [3.63, 3.8) is 0 Å². The van der Waals surface area contributed by atoms with Gasteiger partial charge in [0, 0.05) is 12.2 Å². The van der Waals surface area contributed by atoms with E-state index in [0.717, 1.165) is 23.3 Å². The molecule has 2 nitrogen and oxygen atoms in total. The predicted molar refractivity (Wildman–Crippen MR) is 106 cm³/mol. The van der Waals surface area contributed by atoms with E-state index in [2.05, 4.69) is 19.7 Å². The summed E-state index contributed by atoms with van der Waals surface area (Å²) in [5.41, 5.74) is 0.494. The van der Waals surface area contributed by atoms with E-state index in [1.807, 2.05) is 30.4 Å². The summed E-state index contributed by atoms with van der Waals surface area (Å²) in [6, 6.07) is 9.71. The van der Waals surface area contributed by atoms with Crippen LogP contribution in [0.4, 0.5) is 18.9 Å². The lowest BCUT2D eigenvalue weighted by Gasteiger charge is -2.31. The molecule has 0 fully saturated rings. The summed E-state index contributed by atoms with van der Waals surface area (Å²) in [6.07, 6.45) is -0.358. The van der Waals surface area contributed by atoms with Gasteiger partial charge < -0.3 is 4.90 Å². The molecular weight excluding hydrogens is 355 g/mol. The van der Waals surface area contributed by atoms with Crippen LogP contribution in [-0.2, 0) is 4.79 Å². The molecule has 0 saturated carbocycles. The first-order valence-electron chi connectivity index (χ1n) is 8.53. The predicted octanol–water partition coefficient (Wildman–Crippen LogP) is 5.21. The van der Waals surface area contributed by atoms with Gasteiger partial charge in [0.15, 0.2) is 0 Å². The maximum atomic E-state index is 12.6. The first kappa shape index (κ1) is 22.0. The van der Waals surface area contributed by atoms with Crippen molar-refractivity contribution < 1.29 is 18.0 Å². The van der Waals surface area contributed by atoms with Crippen LogP contribution in [0.3, 0.4) is 0 Å². The van der Waals surface area contributed by atoms with Crippen molar-refractivity contribution in [2.75, 3.05) is 11.4 Å². The average Bonchev–Trinajstić information content (AvgIpc) is 2.55. The fraction of sp³-hybridized carbons (Fsp3) is 0.350. The number of halogens is 3. The standard InChI is InChI=1S/C20H26F3NOSi/c1-5-12-26(13-6-2,14-7-3)18-11-9-10-17(15-18)24(8-4)19(25)16-20(21,22)23/h5-7,9-11,15H,1-3,8,12-14,16H2,4H3. The Bertz CT molecular complexity index is 628. The summed E-state index contributed by atoms with van der Waals surface area (Å²) >= 11 is 0. The van der Waals surface area contributed by atoms with Crippen LogP contribution in [0, 0.1) is 0 Å². The van der Waals surface area contributed by atoms with Crippen LogP contribution >= 0.6 is 0 Å². The lowest BCUT2D eigenvalue weighted by atomic mass is 10.2. The molecule has 0 bridgehead atoms. The summed E-state index contributed by atoms with van der Waals surface area (Å²) in [4.78, 5) is 13.3. The number of hydrogen-bond donors (Lipinski definition) is 0. The van der Waals surface area contributed by atoms with Gasteiger partial charge >= 0.3 is 6.18 Å². The molecule has 1 amide bonds. The Morgan fingerprint density at radius 2 is 1.65 bits per heavy atom. The van der Waals surface area contributed by atoms with Crippen LogP contribution in [0.2, 0.25) is 18.1 Å². The Kier molecular flexibility index (Phi) is 8.08. The number of carbonyl (C=O) groups excluding carboxylic acids is 1. The SMILES string of the molecule is C=CC[Si](CC=C)(CC=C)c1cccc(N(CC)C(=O)CC(F)(F)F)c1. The van der Waals surface area contributed by atoms with Crippen LogP contribution in [0.15, 0.2) is 62.2 Å². The number of alkyl halides is 3. The van der Waals surface area contributed by atoms with E-state index in [-0.39, 0.29) is 6.54 Å². The maximum absolute atomic E-state index is 12.6. The molecule has 142 valence electrons. The van der Waals surface area contributed by atoms with Crippen molar-refractivity contribution in [2.45, 2.75) is 37.7 Å². The monoisotopic (exact) mass is 381 g/mol. The summed E-state index contributed by atoms with van der Waals surface area (Å²) in [6.45, 7) is 13.4. The van der Waals surface area contributed by atoms with E-state index in [9.17, 15) is 18.0 Å². The second-order valence-electron chi connectivity index (χ2n) is 6.24. The fourth-order valence-corrected chi connectivity index (χ4v) is 6.97. The fourth-order valence-electron chi connectivity index (χ4n) is 3.21. The molecule has 0 aliphatic rings. The molecule has 0 spiro atoms. The number of benzene rings is 1. The molecule has 0 unspecified atom stereocenters. The Morgan fingerprint density at radius 3 is 2.08 bits per heavy atom. The molecule has 1 aromatic rings. The van der Waals surface area contributed by atoms with Gasteiger partial charge in [-0.2, -0.15) is 13.2 Å². The van der Waals surface area contributed by atoms with Crippen molar-refractivity contribution in [3.05, 3.63) is 62.2 Å². The average molecular weight is 382 g/mol. The minimum atomic E-state index is -4.52. The van der Waals surface area contributed by atoms with E-state index in [1.54, 1.807) is 19.1 Å². The van der Waals surface area contributed by atoms with Crippen molar-refractivity contribution in [1.29, 1.82) is 0 Å². The molecule has 6 heteroatoms. The summed E-state index contributed by atoms with van der Waals surface area (Å²) in [5.74, 6) is -0.944. The van der Waals surface area contributed by atoms with Gasteiger partial charge in [-0.25, -0.2) is 0 Å². The van der Waals surface area contributed by atoms with Gasteiger partial charge in [-0.3, -0.25) is 4.79 Å². The van der Waals surface area contributed by atoms with Crippen molar-refractivity contribution in [2.24, 2.45) is 0 Å². The molecule has 0 saturated heterocycles. The maximum Gasteiger partial charge on any atom is 0.397 e. The Hall–Kier alpha value is -2.08. The van der Waals surface area contributed by atoms with E-state index in [0.29, 0.717) is 5.69 Å². The van der Waals surface area contributed by atoms with E-state index < -0.39 is 26.6 Å². The number of allylic oxidation sites excluding steroid dienone is 3. The highest BCUT2D eigenvalue weighted by atomic mass is 28.3. The van der Waals surface area contributed by atoms with E-state index in [4.69, 9.17) is 0 Å². The lowest BCUT2D eigenvalue weighted by Crippen LogP contribution is -2.46. The Labute approximate surface area is 154 Å². The quantitative estimate of drug-likeness (QED) is 0.403. The van der Waals surface area contributed by atoms with Gasteiger partial charge in [-0.05, 0) is 37.2 Å². The van der Waals surface area contributed by atoms with Gasteiger partial charge in [0.2, 0.25) is 5.91 Å². The lowest BCUT2D eigenvalue weighted by molar-refractivity contribution is -0.151. The molecule has 1 aromatic carbocycles. The molecule has 0 N–H and O–H groups in total. The van der Waals surface area contributed by atoms with Crippen LogP contribution in [0.25, 0.3) is 0 Å². The molecule has 0 heterocycles. The molecular formula is C20H26F3NOSi. The zero-order chi connectivity index (χ0) is 19.8. The van der Waals surface area contributed by atoms with Gasteiger partial charge in [0.1, 0.15) is 6.42 Å². The molecule has 0 aromatic heterocycles. The Balaban J connectivity index is 3.32. The summed E-state index contributed by atoms with van der Waals surface area (Å²) in [5, 5.41) is 1.06. The third-order valence-corrected chi connectivity index (χ3v) is 9.09. The number of anilines is 1. The van der Waals surface area contributed by atoms with Crippen molar-refractivity contribution >= 4 is 24.9 Å². The minimum Gasteiger partial charge on any atom is -0.312 e. The van der Waals surface area contributed by atoms with Crippen LogP contribution in [0.1, 0.15) is 13.3 Å². The number of rotatable bonds is 10. The first-order valence-corrected chi connectivity index (χ1v) is 11.2. The number of hydrogen-bond acceptors (Lipinski definition) is 1. The van der Waals surface area contributed by atoms with Gasteiger partial charge in [0.25, 0.3) is 0 Å². The molecule has 0 atom stereocenters. The smallest absolute Gasteiger partial charge is 0.312 e. The molecule has 26 heavy (non-hydrogen) atoms. The molecule has 0 aliphatic carbocycles. The van der Waals surface area contributed by atoms with E-state index in [1.165, 1.54) is 4.90 Å². The molecule has 0 radical (unpaired) electrons.